The van der Waals surface area contributed by atoms with Gasteiger partial charge in [0, 0.05) is 28.4 Å². The summed E-state index contributed by atoms with van der Waals surface area (Å²) < 4.78 is 42.5. The van der Waals surface area contributed by atoms with E-state index in [1.165, 1.54) is 12.1 Å². The molecule has 9 rings (SSSR count). The molecule has 107 heavy (non-hydrogen) atoms. The van der Waals surface area contributed by atoms with Crippen LogP contribution >= 0.6 is 0 Å². The van der Waals surface area contributed by atoms with Crippen molar-refractivity contribution in [1.82, 2.24) is 21.3 Å². The second-order valence-corrected chi connectivity index (χ2v) is 28.2. The number of hydrogen-bond acceptors (Lipinski definition) is 16. The second kappa shape index (κ2) is 37.5. The molecule has 0 saturated carbocycles. The number of nitrogen functional groups attached to an aromatic ring is 1. The van der Waals surface area contributed by atoms with Crippen LogP contribution in [0.25, 0.3) is 0 Å². The standard InChI is InChI=1S/C50H58N4O13.C32H29N3O4S/c1-31-20-22-38(23-21-31)66-42(55)30-51-43(56)39(27-35(46(59)60)24-32-14-8-5-9-15-32)52-44(57)40(28-36(47(61)62)25-33-16-10-6-11-17-33)53-45(58)41(54-49(65)67-50(2,3)4)29-37(48(63)64)26-34-18-12-7-13-19-34;1-22-21-25(11-20-31(22)33)32(36,23-7-12-27(13-8-23)34-26-5-3-2-4-6-26)24-9-14-28(15-10-24)35-29-16-18-30(19-17-29)40(37,38)39/h5-23,35-37,39-41H,24-30H2,1-4H3,(H,51,56)(H,52,57)(H,53,58)(H,54,65)(H,59,60)(H,61,62)(H,63,64);2-21,34-36H,33H2,1H3,(H,37,38,39). The first-order valence-electron chi connectivity index (χ1n) is 34.3. The molecule has 0 saturated heterocycles. The Morgan fingerprint density at radius 3 is 1.21 bits per heavy atom. The first-order chi connectivity index (χ1) is 50.9. The Kier molecular flexibility index (Phi) is 28.2. The number of amides is 4. The molecule has 0 aliphatic heterocycles. The number of alkyl carbamates (subject to hydrolysis) is 1. The summed E-state index contributed by atoms with van der Waals surface area (Å²) in [6.45, 7) is 7.77. The number of carbonyl (C=O) groups excluding carboxylic acids is 5. The molecule has 0 radical (unpaired) electrons. The minimum atomic E-state index is -4.26. The number of ether oxygens (including phenoxy) is 2. The van der Waals surface area contributed by atoms with E-state index in [9.17, 15) is 71.8 Å². The number of benzene rings is 9. The van der Waals surface area contributed by atoms with Crippen molar-refractivity contribution in [3.63, 3.8) is 0 Å². The number of nitrogens with two attached hydrogens (primary N) is 1. The van der Waals surface area contributed by atoms with Crippen LogP contribution in [0.4, 0.5) is 33.2 Å². The molecule has 0 aliphatic rings. The van der Waals surface area contributed by atoms with Crippen LogP contribution in [-0.4, -0.2) is 111 Å². The topological polar surface area (TPSA) is 389 Å². The lowest BCUT2D eigenvalue weighted by Crippen LogP contribution is -2.58. The van der Waals surface area contributed by atoms with E-state index in [2.05, 4.69) is 31.9 Å². The maximum atomic E-state index is 14.6. The molecule has 0 bridgehead atoms. The molecule has 24 nitrogen and oxygen atoms in total. The van der Waals surface area contributed by atoms with Crippen LogP contribution in [0.2, 0.25) is 0 Å². The van der Waals surface area contributed by atoms with Crippen molar-refractivity contribution >= 4 is 86.2 Å². The van der Waals surface area contributed by atoms with E-state index in [4.69, 9.17) is 15.2 Å². The average Bonchev–Trinajstić information content (AvgIpc) is 0.758. The molecular weight excluding hydrogens is 1390 g/mol. The molecule has 7 atom stereocenters. The number of carbonyl (C=O) groups is 8. The van der Waals surface area contributed by atoms with E-state index in [0.29, 0.717) is 44.8 Å². The van der Waals surface area contributed by atoms with Crippen LogP contribution in [-0.2, 0) is 73.3 Å². The Bertz CT molecular complexity index is 4610. The molecule has 7 unspecified atom stereocenters. The minimum Gasteiger partial charge on any atom is -0.481 e. The van der Waals surface area contributed by atoms with Gasteiger partial charge in [-0.3, -0.25) is 33.3 Å². The van der Waals surface area contributed by atoms with E-state index >= 15 is 0 Å². The van der Waals surface area contributed by atoms with Gasteiger partial charge in [-0.15, -0.1) is 0 Å². The number of nitrogens with one attached hydrogen (secondary N) is 6. The number of aliphatic hydroxyl groups is 1. The molecule has 0 heterocycles. The number of anilines is 5. The van der Waals surface area contributed by atoms with Crippen molar-refractivity contribution in [3.05, 3.63) is 281 Å². The van der Waals surface area contributed by atoms with Crippen LogP contribution in [0.3, 0.4) is 0 Å². The average molecular weight is 1470 g/mol. The highest BCUT2D eigenvalue weighted by Gasteiger charge is 2.38. The van der Waals surface area contributed by atoms with Gasteiger partial charge in [-0.2, -0.15) is 8.42 Å². The van der Waals surface area contributed by atoms with Gasteiger partial charge < -0.3 is 67.5 Å². The number of carboxylic acids is 3. The number of esters is 1. The van der Waals surface area contributed by atoms with Gasteiger partial charge >= 0.3 is 30.0 Å². The predicted molar refractivity (Wildman–Crippen MR) is 404 cm³/mol. The molecular formula is C82H87N7O17S. The summed E-state index contributed by atoms with van der Waals surface area (Å²) in [6.07, 6.45) is -2.93. The number of carboxylic acid groups (broad SMARTS) is 3. The van der Waals surface area contributed by atoms with Crippen LogP contribution < -0.4 is 42.4 Å². The summed E-state index contributed by atoms with van der Waals surface area (Å²) >= 11 is 0. The summed E-state index contributed by atoms with van der Waals surface area (Å²) in [5, 5.41) is 59.8. The van der Waals surface area contributed by atoms with Gasteiger partial charge in [-0.1, -0.05) is 163 Å². The lowest BCUT2D eigenvalue weighted by atomic mass is 9.79. The summed E-state index contributed by atoms with van der Waals surface area (Å²) in [5.41, 5.74) is 13.1. The molecule has 558 valence electrons. The molecule has 4 amide bonds. The highest BCUT2D eigenvalue weighted by molar-refractivity contribution is 7.85. The van der Waals surface area contributed by atoms with E-state index in [0.717, 1.165) is 28.2 Å². The number of para-hydroxylation sites is 1. The van der Waals surface area contributed by atoms with E-state index in [1.807, 2.05) is 105 Å². The normalized spacial score (nSPS) is 13.4. The maximum Gasteiger partial charge on any atom is 0.408 e. The summed E-state index contributed by atoms with van der Waals surface area (Å²) in [4.78, 5) is 107. The van der Waals surface area contributed by atoms with Crippen LogP contribution in [0.5, 0.6) is 5.75 Å². The third-order valence-electron chi connectivity index (χ3n) is 17.3. The Balaban J connectivity index is 0.000000305. The SMILES string of the molecule is Cc1cc(C(O)(c2ccc(Nc3ccccc3)cc2)c2ccc(Nc3ccc(S(=O)(=O)O)cc3)cc2)ccc1N.Cc1ccc(OC(=O)CNC(=O)C(CC(Cc2ccccc2)C(=O)O)NC(=O)C(CC(Cc2ccccc2)C(=O)O)NC(=O)C(CC(Cc2ccccc2)C(=O)O)NC(=O)OC(C)(C)C)cc1. The highest BCUT2D eigenvalue weighted by Crippen LogP contribution is 2.39. The van der Waals surface area contributed by atoms with Crippen molar-refractivity contribution in [2.45, 2.75) is 107 Å². The monoisotopic (exact) mass is 1470 g/mol. The first-order valence-corrected chi connectivity index (χ1v) is 35.7. The first kappa shape index (κ1) is 80.5. The van der Waals surface area contributed by atoms with Crippen molar-refractivity contribution in [2.24, 2.45) is 17.8 Å². The fourth-order valence-corrected chi connectivity index (χ4v) is 12.1. The summed E-state index contributed by atoms with van der Waals surface area (Å²) in [5.74, 6) is -11.7. The third-order valence-corrected chi connectivity index (χ3v) is 18.2. The summed E-state index contributed by atoms with van der Waals surface area (Å²) in [6, 6.07) is 63.1. The lowest BCUT2D eigenvalue weighted by Gasteiger charge is -2.31. The molecule has 25 heteroatoms. The maximum absolute atomic E-state index is 14.6. The third kappa shape index (κ3) is 24.7. The van der Waals surface area contributed by atoms with Crippen LogP contribution in [0.15, 0.2) is 241 Å². The Hall–Kier alpha value is -12.2. The Morgan fingerprint density at radius 2 is 0.822 bits per heavy atom. The van der Waals surface area contributed by atoms with Crippen molar-refractivity contribution in [1.29, 1.82) is 0 Å². The zero-order chi connectivity index (χ0) is 77.4. The molecule has 0 aromatic heterocycles. The fraction of sp³-hybridized carbons (Fsp3) is 0.244. The highest BCUT2D eigenvalue weighted by atomic mass is 32.2. The molecule has 0 spiro atoms. The number of aryl methyl sites for hydroxylation is 2. The van der Waals surface area contributed by atoms with Gasteiger partial charge in [0.2, 0.25) is 17.7 Å². The smallest absolute Gasteiger partial charge is 0.408 e. The zero-order valence-corrected chi connectivity index (χ0v) is 60.4. The quantitative estimate of drug-likeness (QED) is 0.00612. The lowest BCUT2D eigenvalue weighted by molar-refractivity contribution is -0.145. The van der Waals surface area contributed by atoms with Gasteiger partial charge in [0.25, 0.3) is 10.1 Å². The van der Waals surface area contributed by atoms with Gasteiger partial charge in [-0.25, -0.2) is 9.59 Å². The zero-order valence-electron chi connectivity index (χ0n) is 59.6. The van der Waals surface area contributed by atoms with Crippen LogP contribution in [0, 0.1) is 31.6 Å². The Morgan fingerprint density at radius 1 is 0.458 bits per heavy atom. The number of aliphatic carboxylic acids is 3. The minimum absolute atomic E-state index is 0.0545. The van der Waals surface area contributed by atoms with Gasteiger partial charge in [0.05, 0.1) is 22.6 Å². The number of hydrogen-bond donors (Lipinski definition) is 12. The van der Waals surface area contributed by atoms with E-state index in [1.54, 1.807) is 154 Å². The second-order valence-electron chi connectivity index (χ2n) is 26.8. The molecule has 9 aromatic carbocycles. The number of rotatable bonds is 32. The van der Waals surface area contributed by atoms with E-state index in [-0.39, 0.29) is 29.9 Å². The molecule has 0 aliphatic carbocycles. The van der Waals surface area contributed by atoms with Gasteiger partial charge in [-0.05, 0) is 191 Å². The molecule has 0 fully saturated rings. The van der Waals surface area contributed by atoms with E-state index < -0.39 is 131 Å². The van der Waals surface area contributed by atoms with Gasteiger partial charge in [0.1, 0.15) is 41.6 Å². The van der Waals surface area contributed by atoms with Crippen molar-refractivity contribution in [2.75, 3.05) is 22.9 Å². The van der Waals surface area contributed by atoms with Crippen molar-refractivity contribution in [3.8, 4) is 5.75 Å². The predicted octanol–water partition coefficient (Wildman–Crippen LogP) is 11.5. The fourth-order valence-electron chi connectivity index (χ4n) is 11.7. The summed E-state index contributed by atoms with van der Waals surface area (Å²) in [7, 11) is -4.26. The van der Waals surface area contributed by atoms with Crippen LogP contribution in [0.1, 0.15) is 84.5 Å². The van der Waals surface area contributed by atoms with Gasteiger partial charge in [0.15, 0.2) is 0 Å². The molecule has 13 N–H and O–H groups in total. The largest absolute Gasteiger partial charge is 0.481 e. The van der Waals surface area contributed by atoms with Crippen molar-refractivity contribution < 1.29 is 81.2 Å². The Labute approximate surface area is 620 Å². The molecule has 9 aromatic rings.